The number of carbonyl (C=O) groups excluding carboxylic acids is 1. The van der Waals surface area contributed by atoms with E-state index in [0.29, 0.717) is 6.61 Å². The average Bonchev–Trinajstić information content (AvgIpc) is 2.40. The highest BCUT2D eigenvalue weighted by atomic mass is 35.5. The largest absolute Gasteiger partial charge is 0.478 e. The van der Waals surface area contributed by atoms with Crippen molar-refractivity contribution in [1.29, 1.82) is 0 Å². The molecule has 1 atom stereocenters. The van der Waals surface area contributed by atoms with Gasteiger partial charge in [-0.2, -0.15) is 0 Å². The van der Waals surface area contributed by atoms with E-state index >= 15 is 0 Å². The Bertz CT molecular complexity index is 551. The molecule has 116 valence electrons. The quantitative estimate of drug-likeness (QED) is 0.866. The van der Waals surface area contributed by atoms with Crippen LogP contribution in [0.5, 0.6) is 0 Å². The van der Waals surface area contributed by atoms with Gasteiger partial charge in [0, 0.05) is 19.2 Å². The van der Waals surface area contributed by atoms with Crippen LogP contribution in [0.1, 0.15) is 17.3 Å². The van der Waals surface area contributed by atoms with Crippen LogP contribution in [0, 0.1) is 0 Å². The molecule has 0 aliphatic carbocycles. The van der Waals surface area contributed by atoms with Crippen molar-refractivity contribution in [3.8, 4) is 0 Å². The molecule has 0 bridgehead atoms. The summed E-state index contributed by atoms with van der Waals surface area (Å²) >= 11 is 11.7. The molecule has 0 saturated heterocycles. The number of nitrogens with one attached hydrogen (secondary N) is 1. The lowest BCUT2D eigenvalue weighted by atomic mass is 10.2. The number of nitrogens with zero attached hydrogens (tertiary/aromatic N) is 1. The summed E-state index contributed by atoms with van der Waals surface area (Å²) in [6.45, 7) is 2.15. The predicted octanol–water partition coefficient (Wildman–Crippen LogP) is 3.19. The van der Waals surface area contributed by atoms with Crippen molar-refractivity contribution in [3.63, 3.8) is 0 Å². The van der Waals surface area contributed by atoms with Crippen LogP contribution in [0.3, 0.4) is 0 Å². The first-order valence-corrected chi connectivity index (χ1v) is 6.78. The van der Waals surface area contributed by atoms with Crippen LogP contribution in [0.4, 0.5) is 10.5 Å². The second-order valence-corrected chi connectivity index (χ2v) is 5.30. The second kappa shape index (κ2) is 7.49. The van der Waals surface area contributed by atoms with Gasteiger partial charge in [0.2, 0.25) is 0 Å². The Morgan fingerprint density at radius 1 is 1.43 bits per heavy atom. The summed E-state index contributed by atoms with van der Waals surface area (Å²) in [7, 11) is 3.10. The van der Waals surface area contributed by atoms with Gasteiger partial charge in [0.05, 0.1) is 28.9 Å². The molecule has 0 spiro atoms. The van der Waals surface area contributed by atoms with E-state index in [9.17, 15) is 9.59 Å². The Labute approximate surface area is 132 Å². The van der Waals surface area contributed by atoms with Crippen molar-refractivity contribution in [2.75, 3.05) is 26.1 Å². The van der Waals surface area contributed by atoms with Crippen molar-refractivity contribution in [2.24, 2.45) is 0 Å². The Morgan fingerprint density at radius 2 is 2.05 bits per heavy atom. The minimum atomic E-state index is -1.23. The van der Waals surface area contributed by atoms with Gasteiger partial charge in [0.1, 0.15) is 0 Å². The highest BCUT2D eigenvalue weighted by molar-refractivity contribution is 6.37. The monoisotopic (exact) mass is 334 g/mol. The number of carboxylic acids is 1. The van der Waals surface area contributed by atoms with Crippen LogP contribution >= 0.6 is 23.2 Å². The molecule has 2 N–H and O–H groups in total. The first-order chi connectivity index (χ1) is 9.77. The molecule has 1 rings (SSSR count). The lowest BCUT2D eigenvalue weighted by Crippen LogP contribution is -2.40. The molecule has 1 unspecified atom stereocenters. The molecule has 2 amide bonds. The maximum Gasteiger partial charge on any atom is 0.337 e. The molecule has 0 saturated carbocycles. The van der Waals surface area contributed by atoms with Gasteiger partial charge in [-0.05, 0) is 19.1 Å². The molecular formula is C13H16Cl2N2O4. The molecular weight excluding hydrogens is 319 g/mol. The van der Waals surface area contributed by atoms with Crippen molar-refractivity contribution in [2.45, 2.75) is 13.0 Å². The predicted molar refractivity (Wildman–Crippen MR) is 81.5 cm³/mol. The maximum atomic E-state index is 12.1. The minimum Gasteiger partial charge on any atom is -0.478 e. The zero-order chi connectivity index (χ0) is 16.2. The van der Waals surface area contributed by atoms with Gasteiger partial charge in [-0.25, -0.2) is 9.59 Å². The third-order valence-electron chi connectivity index (χ3n) is 2.91. The van der Waals surface area contributed by atoms with Crippen LogP contribution in [-0.4, -0.2) is 48.8 Å². The normalized spacial score (nSPS) is 11.9. The molecule has 0 radical (unpaired) electrons. The smallest absolute Gasteiger partial charge is 0.337 e. The Morgan fingerprint density at radius 3 is 2.57 bits per heavy atom. The van der Waals surface area contributed by atoms with E-state index in [1.54, 1.807) is 14.0 Å². The zero-order valence-corrected chi connectivity index (χ0v) is 13.3. The van der Waals surface area contributed by atoms with E-state index in [1.807, 2.05) is 0 Å². The number of rotatable bonds is 5. The number of halogens is 2. The van der Waals surface area contributed by atoms with Gasteiger partial charge in [0.15, 0.2) is 0 Å². The lowest BCUT2D eigenvalue weighted by Gasteiger charge is -2.25. The SMILES string of the molecule is COCC(C)N(C)C(=O)Nc1c(Cl)cc(Cl)cc1C(=O)O. The molecule has 0 aromatic heterocycles. The van der Waals surface area contributed by atoms with Crippen LogP contribution in [0.2, 0.25) is 10.0 Å². The van der Waals surface area contributed by atoms with E-state index in [2.05, 4.69) is 5.32 Å². The molecule has 0 aliphatic rings. The van der Waals surface area contributed by atoms with Crippen molar-refractivity contribution < 1.29 is 19.4 Å². The van der Waals surface area contributed by atoms with Gasteiger partial charge in [-0.15, -0.1) is 0 Å². The Hall–Kier alpha value is -1.50. The van der Waals surface area contributed by atoms with Crippen LogP contribution < -0.4 is 5.32 Å². The highest BCUT2D eigenvalue weighted by Gasteiger charge is 2.21. The molecule has 6 nitrogen and oxygen atoms in total. The fourth-order valence-corrected chi connectivity index (χ4v) is 2.16. The van der Waals surface area contributed by atoms with Crippen molar-refractivity contribution >= 4 is 40.9 Å². The zero-order valence-electron chi connectivity index (χ0n) is 11.8. The van der Waals surface area contributed by atoms with E-state index in [1.165, 1.54) is 24.1 Å². The van der Waals surface area contributed by atoms with Crippen LogP contribution in [0.15, 0.2) is 12.1 Å². The highest BCUT2D eigenvalue weighted by Crippen LogP contribution is 2.30. The average molecular weight is 335 g/mol. The molecule has 0 fully saturated rings. The maximum absolute atomic E-state index is 12.1. The summed E-state index contributed by atoms with van der Waals surface area (Å²) in [6.07, 6.45) is 0. The summed E-state index contributed by atoms with van der Waals surface area (Å²) in [5, 5.41) is 11.9. The fraction of sp³-hybridized carbons (Fsp3) is 0.385. The van der Waals surface area contributed by atoms with E-state index in [0.717, 1.165) is 0 Å². The number of likely N-dealkylation sites (N-methyl/N-ethyl adjacent to an activating group) is 1. The standard InChI is InChI=1S/C13H16Cl2N2O4/c1-7(6-21-3)17(2)13(20)16-11-9(12(18)19)4-8(14)5-10(11)15/h4-5,7H,6H2,1-3H3,(H,16,20)(H,18,19). The number of carbonyl (C=O) groups is 2. The molecule has 1 aromatic rings. The first kappa shape index (κ1) is 17.6. The molecule has 8 heteroatoms. The first-order valence-electron chi connectivity index (χ1n) is 6.03. The summed E-state index contributed by atoms with van der Waals surface area (Å²) in [6, 6.07) is 1.91. The Kier molecular flexibility index (Phi) is 6.26. The van der Waals surface area contributed by atoms with Crippen molar-refractivity contribution in [1.82, 2.24) is 4.90 Å². The van der Waals surface area contributed by atoms with Gasteiger partial charge < -0.3 is 20.1 Å². The summed E-state index contributed by atoms with van der Waals surface area (Å²) < 4.78 is 4.97. The molecule has 1 aromatic carbocycles. The number of carboxylic acid groups (broad SMARTS) is 1. The van der Waals surface area contributed by atoms with Gasteiger partial charge in [-0.3, -0.25) is 0 Å². The number of anilines is 1. The van der Waals surface area contributed by atoms with Crippen molar-refractivity contribution in [3.05, 3.63) is 27.7 Å². The molecule has 0 heterocycles. The summed E-state index contributed by atoms with van der Waals surface area (Å²) in [5.74, 6) is -1.23. The minimum absolute atomic E-state index is 0.00929. The van der Waals surface area contributed by atoms with Gasteiger partial charge >= 0.3 is 12.0 Å². The molecule has 21 heavy (non-hydrogen) atoms. The van der Waals surface area contributed by atoms with Crippen LogP contribution in [0.25, 0.3) is 0 Å². The third kappa shape index (κ3) is 4.49. The third-order valence-corrected chi connectivity index (χ3v) is 3.42. The molecule has 0 aliphatic heterocycles. The number of hydrogen-bond acceptors (Lipinski definition) is 3. The fourth-order valence-electron chi connectivity index (χ4n) is 1.62. The second-order valence-electron chi connectivity index (χ2n) is 4.46. The number of ether oxygens (including phenoxy) is 1. The van der Waals surface area contributed by atoms with Crippen LogP contribution in [-0.2, 0) is 4.74 Å². The lowest BCUT2D eigenvalue weighted by molar-refractivity contribution is 0.0698. The summed E-state index contributed by atoms with van der Waals surface area (Å²) in [4.78, 5) is 24.7. The summed E-state index contributed by atoms with van der Waals surface area (Å²) in [5.41, 5.74) is -0.163. The Balaban J connectivity index is 3.02. The van der Waals surface area contributed by atoms with Gasteiger partial charge in [0.25, 0.3) is 0 Å². The number of benzene rings is 1. The number of urea groups is 1. The number of hydrogen-bond donors (Lipinski definition) is 2. The van der Waals surface area contributed by atoms with E-state index < -0.39 is 12.0 Å². The number of amides is 2. The number of methoxy groups -OCH3 is 1. The van der Waals surface area contributed by atoms with E-state index in [4.69, 9.17) is 33.0 Å². The number of aromatic carboxylic acids is 1. The van der Waals surface area contributed by atoms with Gasteiger partial charge in [-0.1, -0.05) is 23.2 Å². The topological polar surface area (TPSA) is 78.9 Å². The van der Waals surface area contributed by atoms with E-state index in [-0.39, 0.29) is 27.3 Å².